The molecule has 0 bridgehead atoms. The molecule has 0 radical (unpaired) electrons. The van der Waals surface area contributed by atoms with Gasteiger partial charge in [-0.2, -0.15) is 0 Å². The molecule has 0 aromatic heterocycles. The number of carbonyl (C=O) groups is 7. The first kappa shape index (κ1) is 47.2. The number of aliphatic carboxylic acids is 1. The molecule has 0 aliphatic carbocycles. The van der Waals surface area contributed by atoms with Crippen LogP contribution in [0.4, 0.5) is 0 Å². The van der Waals surface area contributed by atoms with Crippen LogP contribution in [0.25, 0.3) is 0 Å². The molecule has 16 heteroatoms. The van der Waals surface area contributed by atoms with Gasteiger partial charge in [-0.05, 0) is 76.2 Å². The molecule has 0 rings (SSSR count). The van der Waals surface area contributed by atoms with Crippen LogP contribution in [0.5, 0.6) is 0 Å². The van der Waals surface area contributed by atoms with Crippen molar-refractivity contribution in [2.45, 2.75) is 150 Å². The van der Waals surface area contributed by atoms with Crippen LogP contribution in [0.2, 0.25) is 0 Å². The van der Waals surface area contributed by atoms with Crippen LogP contribution in [0, 0.1) is 23.7 Å². The number of amides is 6. The third kappa shape index (κ3) is 17.8. The van der Waals surface area contributed by atoms with Gasteiger partial charge in [0.25, 0.3) is 0 Å². The zero-order chi connectivity index (χ0) is 39.6. The molecule has 0 spiro atoms. The van der Waals surface area contributed by atoms with E-state index >= 15 is 0 Å². The topological polar surface area (TPSA) is 264 Å². The second-order valence-electron chi connectivity index (χ2n) is 14.7. The molecule has 0 saturated heterocycles. The molecular weight excluding hydrogens is 660 g/mol. The summed E-state index contributed by atoms with van der Waals surface area (Å²) in [5, 5.41) is 25.4. The number of rotatable bonds is 24. The van der Waals surface area contributed by atoms with Crippen LogP contribution in [0.3, 0.4) is 0 Å². The molecule has 6 amide bonds. The highest BCUT2D eigenvalue weighted by molar-refractivity contribution is 5.97. The lowest BCUT2D eigenvalue weighted by atomic mass is 9.95. The summed E-state index contributed by atoms with van der Waals surface area (Å²) in [6, 6.07) is -7.26. The third-order valence-corrected chi connectivity index (χ3v) is 8.45. The SMILES string of the molecule is CC[C@H](C)[C@H](NC(=O)[C@@H](NC(=O)[C@H](CC(C)C)NC(=O)[C@H](C)N)C(C)C)C(=O)N[C@@H](CC(C)C)C(=O)N[C@@H](C)C(=O)N[C@@H](CCCCN)C(=O)O. The van der Waals surface area contributed by atoms with Crippen LogP contribution in [0.15, 0.2) is 0 Å². The van der Waals surface area contributed by atoms with Gasteiger partial charge in [0.1, 0.15) is 36.3 Å². The van der Waals surface area contributed by atoms with Crippen molar-refractivity contribution in [3.05, 3.63) is 0 Å². The van der Waals surface area contributed by atoms with Crippen molar-refractivity contribution < 1.29 is 38.7 Å². The fraction of sp³-hybridized carbons (Fsp3) is 0.800. The third-order valence-electron chi connectivity index (χ3n) is 8.45. The molecular formula is C35H66N8O8. The Kier molecular flexibility index (Phi) is 21.9. The number of carbonyl (C=O) groups excluding carboxylic acids is 6. The van der Waals surface area contributed by atoms with E-state index in [2.05, 4.69) is 31.9 Å². The molecule has 0 fully saturated rings. The van der Waals surface area contributed by atoms with E-state index in [4.69, 9.17) is 11.5 Å². The van der Waals surface area contributed by atoms with Gasteiger partial charge in [0, 0.05) is 0 Å². The second-order valence-corrected chi connectivity index (χ2v) is 14.7. The van der Waals surface area contributed by atoms with E-state index in [1.54, 1.807) is 20.8 Å². The fourth-order valence-corrected chi connectivity index (χ4v) is 5.13. The van der Waals surface area contributed by atoms with Gasteiger partial charge in [0.15, 0.2) is 0 Å². The Morgan fingerprint density at radius 3 is 1.45 bits per heavy atom. The summed E-state index contributed by atoms with van der Waals surface area (Å²) >= 11 is 0. The van der Waals surface area contributed by atoms with Crippen LogP contribution in [-0.2, 0) is 33.6 Å². The van der Waals surface area contributed by atoms with Crippen LogP contribution < -0.4 is 43.4 Å². The minimum atomic E-state index is -1.20. The lowest BCUT2D eigenvalue weighted by Crippen LogP contribution is -2.61. The van der Waals surface area contributed by atoms with Crippen molar-refractivity contribution >= 4 is 41.4 Å². The van der Waals surface area contributed by atoms with Crippen molar-refractivity contribution in [2.24, 2.45) is 35.1 Å². The Hall–Kier alpha value is -3.79. The number of carboxylic acids is 1. The predicted octanol–water partition coefficient (Wildman–Crippen LogP) is 0.270. The van der Waals surface area contributed by atoms with E-state index in [0.29, 0.717) is 32.2 Å². The number of carboxylic acid groups (broad SMARTS) is 1. The Morgan fingerprint density at radius 1 is 0.569 bits per heavy atom. The van der Waals surface area contributed by atoms with E-state index in [-0.39, 0.29) is 30.6 Å². The Bertz CT molecular complexity index is 1160. The average molecular weight is 727 g/mol. The molecule has 0 heterocycles. The monoisotopic (exact) mass is 727 g/mol. The van der Waals surface area contributed by atoms with Crippen LogP contribution >= 0.6 is 0 Å². The molecule has 8 atom stereocenters. The Morgan fingerprint density at radius 2 is 1.02 bits per heavy atom. The molecule has 294 valence electrons. The second kappa shape index (κ2) is 23.6. The summed E-state index contributed by atoms with van der Waals surface area (Å²) in [5.74, 6) is -5.65. The maximum atomic E-state index is 13.8. The largest absolute Gasteiger partial charge is 0.480 e. The highest BCUT2D eigenvalue weighted by Crippen LogP contribution is 2.14. The number of nitrogens with one attached hydrogen (secondary N) is 6. The van der Waals surface area contributed by atoms with E-state index in [0.717, 1.165) is 0 Å². The van der Waals surface area contributed by atoms with Gasteiger partial charge in [0.2, 0.25) is 35.4 Å². The van der Waals surface area contributed by atoms with Crippen LogP contribution in [0.1, 0.15) is 108 Å². The molecule has 0 aromatic carbocycles. The molecule has 51 heavy (non-hydrogen) atoms. The standard InChI is InChI=1S/C35H66N8O8/c1-11-21(8)28(43-33(48)27(20(6)7)42-32(47)26(17-19(4)5)40-29(44)22(9)37)34(49)41-25(16-18(2)3)31(46)38-23(10)30(45)39-24(35(50)51)14-12-13-15-36/h18-28H,11-17,36-37H2,1-10H3,(H,38,46)(H,39,45)(H,40,44)(H,41,49)(H,42,47)(H,43,48)(H,50,51)/t21-,22-,23-,24-,25-,26-,27-,28-/m0/s1. The maximum Gasteiger partial charge on any atom is 0.326 e. The van der Waals surface area contributed by atoms with Crippen molar-refractivity contribution in [3.63, 3.8) is 0 Å². The van der Waals surface area contributed by atoms with Gasteiger partial charge < -0.3 is 48.5 Å². The Balaban J connectivity index is 5.98. The summed E-state index contributed by atoms with van der Waals surface area (Å²) in [6.07, 6.45) is 2.28. The van der Waals surface area contributed by atoms with Crippen molar-refractivity contribution in [1.82, 2.24) is 31.9 Å². The maximum absolute atomic E-state index is 13.8. The zero-order valence-corrected chi connectivity index (χ0v) is 32.3. The minimum Gasteiger partial charge on any atom is -0.480 e. The van der Waals surface area contributed by atoms with Crippen LogP contribution in [-0.4, -0.2) is 95.4 Å². The number of hydrogen-bond acceptors (Lipinski definition) is 9. The van der Waals surface area contributed by atoms with E-state index in [1.807, 2.05) is 34.6 Å². The lowest BCUT2D eigenvalue weighted by molar-refractivity contribution is -0.142. The first-order valence-corrected chi connectivity index (χ1v) is 18.2. The smallest absolute Gasteiger partial charge is 0.326 e. The molecule has 16 nitrogen and oxygen atoms in total. The van der Waals surface area contributed by atoms with Gasteiger partial charge in [-0.1, -0.05) is 61.8 Å². The lowest BCUT2D eigenvalue weighted by Gasteiger charge is -2.31. The summed E-state index contributed by atoms with van der Waals surface area (Å²) in [6.45, 7) is 17.9. The summed E-state index contributed by atoms with van der Waals surface area (Å²) in [7, 11) is 0. The number of hydrogen-bond donors (Lipinski definition) is 9. The highest BCUT2D eigenvalue weighted by atomic mass is 16.4. The van der Waals surface area contributed by atoms with Gasteiger partial charge >= 0.3 is 5.97 Å². The molecule has 0 saturated carbocycles. The fourth-order valence-electron chi connectivity index (χ4n) is 5.13. The van der Waals surface area contributed by atoms with Gasteiger partial charge in [-0.25, -0.2) is 4.79 Å². The summed E-state index contributed by atoms with van der Waals surface area (Å²) in [5.41, 5.74) is 11.2. The normalized spacial score (nSPS) is 16.1. The first-order chi connectivity index (χ1) is 23.7. The number of nitrogens with two attached hydrogens (primary N) is 2. The number of unbranched alkanes of at least 4 members (excludes halogenated alkanes) is 1. The summed E-state index contributed by atoms with van der Waals surface area (Å²) < 4.78 is 0. The van der Waals surface area contributed by atoms with Crippen molar-refractivity contribution in [3.8, 4) is 0 Å². The first-order valence-electron chi connectivity index (χ1n) is 18.2. The highest BCUT2D eigenvalue weighted by Gasteiger charge is 2.35. The average Bonchev–Trinajstić information content (AvgIpc) is 3.03. The van der Waals surface area contributed by atoms with Gasteiger partial charge in [0.05, 0.1) is 6.04 Å². The minimum absolute atomic E-state index is 0.0421. The molecule has 0 aliphatic heterocycles. The molecule has 0 aliphatic rings. The Labute approximate surface area is 303 Å². The van der Waals surface area contributed by atoms with Crippen molar-refractivity contribution in [2.75, 3.05) is 6.54 Å². The van der Waals surface area contributed by atoms with E-state index in [1.165, 1.54) is 13.8 Å². The zero-order valence-electron chi connectivity index (χ0n) is 32.3. The van der Waals surface area contributed by atoms with Crippen molar-refractivity contribution in [1.29, 1.82) is 0 Å². The van der Waals surface area contributed by atoms with Gasteiger partial charge in [-0.3, -0.25) is 28.8 Å². The molecule has 0 unspecified atom stereocenters. The molecule has 11 N–H and O–H groups in total. The quantitative estimate of drug-likeness (QED) is 0.0613. The van der Waals surface area contributed by atoms with E-state index in [9.17, 15) is 38.7 Å². The summed E-state index contributed by atoms with van der Waals surface area (Å²) in [4.78, 5) is 91.0. The van der Waals surface area contributed by atoms with Gasteiger partial charge in [-0.15, -0.1) is 0 Å². The van der Waals surface area contributed by atoms with E-state index < -0.39 is 89.6 Å². The molecule has 0 aromatic rings. The predicted molar refractivity (Wildman–Crippen MR) is 195 cm³/mol.